The number of amides is 1. The highest BCUT2D eigenvalue weighted by Crippen LogP contribution is 2.12. The number of thioether (sulfide) groups is 1. The molecule has 0 aromatic rings. The molecule has 0 unspecified atom stereocenters. The van der Waals surface area contributed by atoms with Crippen molar-refractivity contribution in [1.29, 1.82) is 0 Å². The van der Waals surface area contributed by atoms with E-state index in [4.69, 9.17) is 10.5 Å². The van der Waals surface area contributed by atoms with E-state index >= 15 is 0 Å². The van der Waals surface area contributed by atoms with Crippen LogP contribution in [0.2, 0.25) is 0 Å². The third-order valence-electron chi connectivity index (χ3n) is 3.01. The highest BCUT2D eigenvalue weighted by molar-refractivity contribution is 7.98. The Hall–Kier alpha value is -0.260. The van der Waals surface area contributed by atoms with Gasteiger partial charge in [0.1, 0.15) is 0 Å². The molecule has 1 fully saturated rings. The molecule has 0 spiro atoms. The van der Waals surface area contributed by atoms with Crippen molar-refractivity contribution in [3.8, 4) is 0 Å². The summed E-state index contributed by atoms with van der Waals surface area (Å²) in [6, 6.07) is -0.345. The number of ether oxygens (including phenoxy) is 1. The van der Waals surface area contributed by atoms with Gasteiger partial charge in [0, 0.05) is 13.1 Å². The molecule has 2 atom stereocenters. The first-order valence-corrected chi connectivity index (χ1v) is 7.73. The van der Waals surface area contributed by atoms with E-state index in [0.717, 1.165) is 25.0 Å². The van der Waals surface area contributed by atoms with Crippen LogP contribution in [-0.2, 0) is 9.53 Å². The fourth-order valence-electron chi connectivity index (χ4n) is 2.02. The molecule has 5 heteroatoms. The lowest BCUT2D eigenvalue weighted by atomic mass is 10.1. The number of hydrogen-bond acceptors (Lipinski definition) is 4. The van der Waals surface area contributed by atoms with Crippen LogP contribution in [0.25, 0.3) is 0 Å². The number of morpholine rings is 1. The number of nitrogens with zero attached hydrogens (tertiary/aromatic N) is 1. The van der Waals surface area contributed by atoms with Crippen LogP contribution in [0.3, 0.4) is 0 Å². The molecule has 0 radical (unpaired) electrons. The molecule has 0 saturated carbocycles. The molecule has 1 aliphatic heterocycles. The predicted molar refractivity (Wildman–Crippen MR) is 72.2 cm³/mol. The molecule has 2 N–H and O–H groups in total. The molecular weight excluding hydrogens is 236 g/mol. The van der Waals surface area contributed by atoms with E-state index in [1.807, 2.05) is 11.2 Å². The lowest BCUT2D eigenvalue weighted by Gasteiger charge is -2.34. The van der Waals surface area contributed by atoms with E-state index in [2.05, 4.69) is 6.92 Å². The van der Waals surface area contributed by atoms with E-state index in [9.17, 15) is 4.79 Å². The summed E-state index contributed by atoms with van der Waals surface area (Å²) in [6.07, 6.45) is 5.10. The van der Waals surface area contributed by atoms with Crippen LogP contribution in [0.1, 0.15) is 26.2 Å². The maximum absolute atomic E-state index is 12.1. The van der Waals surface area contributed by atoms with Gasteiger partial charge in [-0.05, 0) is 24.9 Å². The molecule has 0 aromatic carbocycles. The summed E-state index contributed by atoms with van der Waals surface area (Å²) in [7, 11) is 0. The molecule has 1 amide bonds. The summed E-state index contributed by atoms with van der Waals surface area (Å²) < 4.78 is 5.62. The first-order chi connectivity index (χ1) is 8.19. The Kier molecular flexibility index (Phi) is 6.92. The Morgan fingerprint density at radius 1 is 1.65 bits per heavy atom. The summed E-state index contributed by atoms with van der Waals surface area (Å²) in [5, 5.41) is 0. The third-order valence-corrected chi connectivity index (χ3v) is 3.66. The summed E-state index contributed by atoms with van der Waals surface area (Å²) in [4.78, 5) is 14.0. The van der Waals surface area contributed by atoms with Crippen molar-refractivity contribution >= 4 is 17.7 Å². The van der Waals surface area contributed by atoms with Crippen LogP contribution in [0, 0.1) is 0 Å². The van der Waals surface area contributed by atoms with Gasteiger partial charge in [-0.3, -0.25) is 4.79 Å². The van der Waals surface area contributed by atoms with Gasteiger partial charge in [-0.1, -0.05) is 13.3 Å². The van der Waals surface area contributed by atoms with Crippen molar-refractivity contribution in [1.82, 2.24) is 4.90 Å². The van der Waals surface area contributed by atoms with Gasteiger partial charge in [-0.2, -0.15) is 11.8 Å². The van der Waals surface area contributed by atoms with Crippen molar-refractivity contribution in [2.45, 2.75) is 38.3 Å². The number of rotatable bonds is 6. The largest absolute Gasteiger partial charge is 0.375 e. The van der Waals surface area contributed by atoms with E-state index < -0.39 is 0 Å². The maximum atomic E-state index is 12.1. The Labute approximate surface area is 108 Å². The number of carbonyl (C=O) groups is 1. The van der Waals surface area contributed by atoms with Gasteiger partial charge in [0.2, 0.25) is 5.91 Å². The molecule has 1 aliphatic rings. The lowest BCUT2D eigenvalue weighted by Crippen LogP contribution is -2.51. The Balaban J connectivity index is 2.39. The monoisotopic (exact) mass is 260 g/mol. The van der Waals surface area contributed by atoms with E-state index in [-0.39, 0.29) is 18.1 Å². The van der Waals surface area contributed by atoms with Gasteiger partial charge in [-0.25, -0.2) is 0 Å². The molecule has 1 heterocycles. The zero-order valence-corrected chi connectivity index (χ0v) is 11.7. The molecule has 4 nitrogen and oxygen atoms in total. The average Bonchev–Trinajstić information content (AvgIpc) is 2.35. The van der Waals surface area contributed by atoms with Crippen LogP contribution in [0.5, 0.6) is 0 Å². The standard InChI is InChI=1S/C12H24N2O2S/c1-3-4-10-9-14(6-7-16-10)12(15)11(13)5-8-17-2/h10-11H,3-9,13H2,1-2H3/t10-,11+/m1/s1. The van der Waals surface area contributed by atoms with Gasteiger partial charge >= 0.3 is 0 Å². The molecule has 1 saturated heterocycles. The molecule has 100 valence electrons. The molecular formula is C12H24N2O2S. The second-order valence-electron chi connectivity index (χ2n) is 4.45. The van der Waals surface area contributed by atoms with Crippen molar-refractivity contribution in [3.63, 3.8) is 0 Å². The maximum Gasteiger partial charge on any atom is 0.239 e. The van der Waals surface area contributed by atoms with Crippen LogP contribution < -0.4 is 5.73 Å². The first kappa shape index (κ1) is 14.8. The topological polar surface area (TPSA) is 55.6 Å². The highest BCUT2D eigenvalue weighted by atomic mass is 32.2. The Morgan fingerprint density at radius 3 is 3.06 bits per heavy atom. The minimum atomic E-state index is -0.345. The van der Waals surface area contributed by atoms with Crippen LogP contribution in [-0.4, -0.2) is 54.7 Å². The highest BCUT2D eigenvalue weighted by Gasteiger charge is 2.26. The first-order valence-electron chi connectivity index (χ1n) is 6.34. The molecule has 17 heavy (non-hydrogen) atoms. The smallest absolute Gasteiger partial charge is 0.239 e. The normalized spacial score (nSPS) is 22.5. The molecule has 0 aliphatic carbocycles. The predicted octanol–water partition coefficient (Wildman–Crippen LogP) is 1.09. The SMILES string of the molecule is CCC[C@@H]1CN(C(=O)[C@@H](N)CCSC)CCO1. The number of carbonyl (C=O) groups excluding carboxylic acids is 1. The quantitative estimate of drug-likeness (QED) is 0.777. The van der Waals surface area contributed by atoms with Crippen molar-refractivity contribution < 1.29 is 9.53 Å². The third kappa shape index (κ3) is 4.85. The van der Waals surface area contributed by atoms with Gasteiger partial charge in [0.05, 0.1) is 18.8 Å². The van der Waals surface area contributed by atoms with Crippen molar-refractivity contribution in [2.75, 3.05) is 31.7 Å². The summed E-state index contributed by atoms with van der Waals surface area (Å²) in [6.45, 7) is 4.17. The summed E-state index contributed by atoms with van der Waals surface area (Å²) >= 11 is 1.73. The fraction of sp³-hybridized carbons (Fsp3) is 0.917. The fourth-order valence-corrected chi connectivity index (χ4v) is 2.51. The van der Waals surface area contributed by atoms with E-state index in [0.29, 0.717) is 19.7 Å². The summed E-state index contributed by atoms with van der Waals surface area (Å²) in [5.41, 5.74) is 5.91. The van der Waals surface area contributed by atoms with E-state index in [1.165, 1.54) is 0 Å². The van der Waals surface area contributed by atoms with Crippen molar-refractivity contribution in [3.05, 3.63) is 0 Å². The van der Waals surface area contributed by atoms with Crippen LogP contribution >= 0.6 is 11.8 Å². The van der Waals surface area contributed by atoms with Crippen LogP contribution in [0.4, 0.5) is 0 Å². The van der Waals surface area contributed by atoms with Crippen LogP contribution in [0.15, 0.2) is 0 Å². The van der Waals surface area contributed by atoms with Gasteiger partial charge in [0.25, 0.3) is 0 Å². The zero-order valence-electron chi connectivity index (χ0n) is 10.9. The number of hydrogen-bond donors (Lipinski definition) is 1. The second-order valence-corrected chi connectivity index (χ2v) is 5.44. The molecule has 1 rings (SSSR count). The minimum Gasteiger partial charge on any atom is -0.375 e. The Morgan fingerprint density at radius 2 is 2.41 bits per heavy atom. The van der Waals surface area contributed by atoms with Crippen molar-refractivity contribution in [2.24, 2.45) is 5.73 Å². The van der Waals surface area contributed by atoms with Gasteiger partial charge in [0.15, 0.2) is 0 Å². The summed E-state index contributed by atoms with van der Waals surface area (Å²) in [5.74, 6) is 1.03. The lowest BCUT2D eigenvalue weighted by molar-refractivity contribution is -0.140. The molecule has 0 aromatic heterocycles. The molecule has 0 bridgehead atoms. The Bertz CT molecular complexity index is 237. The minimum absolute atomic E-state index is 0.0865. The number of nitrogens with two attached hydrogens (primary N) is 1. The second kappa shape index (κ2) is 7.95. The van der Waals surface area contributed by atoms with Gasteiger partial charge in [-0.15, -0.1) is 0 Å². The van der Waals surface area contributed by atoms with E-state index in [1.54, 1.807) is 11.8 Å². The average molecular weight is 260 g/mol. The zero-order chi connectivity index (χ0) is 12.7. The van der Waals surface area contributed by atoms with Gasteiger partial charge < -0.3 is 15.4 Å².